The molecule has 0 atom stereocenters. The fourth-order valence-corrected chi connectivity index (χ4v) is 13.2. The highest BCUT2D eigenvalue weighted by atomic mass is 19.1. The molecule has 0 radical (unpaired) electrons. The van der Waals surface area contributed by atoms with Gasteiger partial charge in [0.15, 0.2) is 5.78 Å². The molecule has 3 aromatic heterocycles. The standard InChI is InChI=1S/C25H29F2N3O3.C24H28FN3O4.C22H26FN3O3/c1-14-11-16(8-9-17(14)26)28-22(32)19-15(2)20(30-10-6-5-7-18(19)30)21(31)23(33)29-25(4)12-24(3,27)13-25;1-13-12-16(9-10-17(13)25)26-22(31)19-14(2)20(28-11-7-6-8-18(19)28)21(30)23(32)27-24(4,5)15(3)29;1-12(2)24-22(29)20(27)19-14(4)18(17-7-5-6-10-26(17)19)21(28)25-15-8-9-16(23)13(3)11-15/h8-9,11H,5-7,10,12-13H2,1-4H3,(H,28,32)(H,29,33);9-10,12H,6-8,11H2,1-5H3,(H,26,31)(H,27,32);8-9,11-12H,5-7,10H2,1-4H3,(H,24,29)(H,25,28). The van der Waals surface area contributed by atoms with Crippen molar-refractivity contribution in [3.05, 3.63) is 156 Å². The second-order valence-corrected chi connectivity index (χ2v) is 26.5. The summed E-state index contributed by atoms with van der Waals surface area (Å²) >= 11 is 0. The van der Waals surface area contributed by atoms with Crippen molar-refractivity contribution in [2.24, 2.45) is 0 Å². The van der Waals surface area contributed by atoms with Crippen LogP contribution in [0.5, 0.6) is 0 Å². The van der Waals surface area contributed by atoms with Crippen LogP contribution in [-0.2, 0) is 58.1 Å². The van der Waals surface area contributed by atoms with Gasteiger partial charge < -0.3 is 45.6 Å². The summed E-state index contributed by atoms with van der Waals surface area (Å²) in [5, 5.41) is 16.2. The number of carbonyl (C=O) groups excluding carboxylic acids is 10. The zero-order valence-corrected chi connectivity index (χ0v) is 55.6. The van der Waals surface area contributed by atoms with E-state index in [2.05, 4.69) is 31.9 Å². The van der Waals surface area contributed by atoms with Gasteiger partial charge in [0.2, 0.25) is 0 Å². The highest BCUT2D eigenvalue weighted by Gasteiger charge is 2.51. The molecule has 1 saturated carbocycles. The van der Waals surface area contributed by atoms with E-state index in [4.69, 9.17) is 0 Å². The van der Waals surface area contributed by atoms with Crippen molar-refractivity contribution in [3.63, 3.8) is 0 Å². The highest BCUT2D eigenvalue weighted by Crippen LogP contribution is 2.44. The molecule has 23 heteroatoms. The van der Waals surface area contributed by atoms with Gasteiger partial charge in [-0.25, -0.2) is 17.6 Å². The molecule has 4 aliphatic rings. The Labute approximate surface area is 544 Å². The second-order valence-electron chi connectivity index (χ2n) is 26.5. The fourth-order valence-electron chi connectivity index (χ4n) is 13.2. The summed E-state index contributed by atoms with van der Waals surface area (Å²) in [5.41, 5.74) is 4.67. The first-order valence-electron chi connectivity index (χ1n) is 31.7. The Bertz CT molecular complexity index is 4100. The molecular weight excluding hydrogens is 1210 g/mol. The Morgan fingerprint density at radius 3 is 1.11 bits per heavy atom. The number of amides is 6. The van der Waals surface area contributed by atoms with Crippen LogP contribution < -0.4 is 31.9 Å². The molecule has 3 aliphatic heterocycles. The van der Waals surface area contributed by atoms with Gasteiger partial charge in [-0.3, -0.25) is 47.9 Å². The lowest BCUT2D eigenvalue weighted by atomic mass is 9.68. The van der Waals surface area contributed by atoms with Gasteiger partial charge in [-0.2, -0.15) is 0 Å². The molecule has 0 saturated heterocycles. The number of carbonyl (C=O) groups is 10. The molecule has 0 bridgehead atoms. The maximum absolute atomic E-state index is 14.0. The van der Waals surface area contributed by atoms with E-state index in [-0.39, 0.29) is 65.1 Å². The average Bonchev–Trinajstić information content (AvgIpc) is 1.41. The van der Waals surface area contributed by atoms with Crippen LogP contribution in [-0.4, -0.2) is 95.1 Å². The minimum atomic E-state index is -1.35. The van der Waals surface area contributed by atoms with E-state index < -0.39 is 63.6 Å². The van der Waals surface area contributed by atoms with Crippen LogP contribution in [0, 0.1) is 59.0 Å². The molecule has 1 aliphatic carbocycles. The number of aromatic nitrogens is 3. The van der Waals surface area contributed by atoms with Crippen LogP contribution in [0.4, 0.5) is 34.6 Å². The number of fused-ring (bicyclic) bond motifs is 3. The van der Waals surface area contributed by atoms with E-state index >= 15 is 0 Å². The summed E-state index contributed by atoms with van der Waals surface area (Å²) in [6, 6.07) is 12.8. The van der Waals surface area contributed by atoms with Crippen LogP contribution in [0.3, 0.4) is 0 Å². The Hall–Kier alpha value is -9.28. The largest absolute Gasteiger partial charge is 0.347 e. The number of benzene rings is 3. The summed E-state index contributed by atoms with van der Waals surface area (Å²) in [4.78, 5) is 128. The number of hydrogen-bond donors (Lipinski definition) is 6. The molecule has 3 aromatic carbocycles. The lowest BCUT2D eigenvalue weighted by Gasteiger charge is -2.48. The van der Waals surface area contributed by atoms with Crippen LogP contribution in [0.15, 0.2) is 54.6 Å². The molecule has 19 nitrogen and oxygen atoms in total. The number of ketones is 4. The van der Waals surface area contributed by atoms with E-state index in [1.165, 1.54) is 70.2 Å². The van der Waals surface area contributed by atoms with Crippen molar-refractivity contribution in [1.82, 2.24) is 29.7 Å². The Balaban J connectivity index is 0.000000181. The predicted molar refractivity (Wildman–Crippen MR) is 348 cm³/mol. The number of aryl methyl sites for hydroxylation is 3. The third-order valence-electron chi connectivity index (χ3n) is 17.8. The van der Waals surface area contributed by atoms with Crippen LogP contribution in [0.25, 0.3) is 0 Å². The number of nitrogens with one attached hydrogen (secondary N) is 6. The van der Waals surface area contributed by atoms with Gasteiger partial charge in [-0.1, -0.05) is 0 Å². The quantitative estimate of drug-likeness (QED) is 0.0303. The first kappa shape index (κ1) is 70.6. The molecular formula is C71H83F4N9O10. The Morgan fingerprint density at radius 1 is 0.489 bits per heavy atom. The van der Waals surface area contributed by atoms with Crippen molar-refractivity contribution < 1.29 is 65.5 Å². The lowest BCUT2D eigenvalue weighted by molar-refractivity contribution is -0.127. The number of halogens is 4. The van der Waals surface area contributed by atoms with Crippen LogP contribution >= 0.6 is 0 Å². The highest BCUT2D eigenvalue weighted by molar-refractivity contribution is 6.44. The van der Waals surface area contributed by atoms with Gasteiger partial charge in [0.25, 0.3) is 52.8 Å². The van der Waals surface area contributed by atoms with Crippen LogP contribution in [0.1, 0.15) is 213 Å². The van der Waals surface area contributed by atoms with Crippen molar-refractivity contribution in [3.8, 4) is 0 Å². The van der Waals surface area contributed by atoms with Crippen LogP contribution in [0.2, 0.25) is 0 Å². The van der Waals surface area contributed by atoms with Gasteiger partial charge in [-0.15, -0.1) is 0 Å². The topological polar surface area (TPSA) is 258 Å². The summed E-state index contributed by atoms with van der Waals surface area (Å²) in [6.07, 6.45) is 7.33. The molecule has 6 heterocycles. The second kappa shape index (κ2) is 28.1. The molecule has 10 rings (SSSR count). The number of anilines is 3. The predicted octanol–water partition coefficient (Wildman–Crippen LogP) is 11.5. The number of Topliss-reactive ketones (excluding diaryl/α,β-unsaturated/α-hetero) is 4. The van der Waals surface area contributed by atoms with Crippen molar-refractivity contribution >= 4 is 75.6 Å². The van der Waals surface area contributed by atoms with E-state index in [9.17, 15) is 65.5 Å². The first-order valence-corrected chi connectivity index (χ1v) is 31.7. The van der Waals surface area contributed by atoms with Crippen molar-refractivity contribution in [1.29, 1.82) is 0 Å². The maximum atomic E-state index is 14.0. The first-order chi connectivity index (χ1) is 44.0. The minimum absolute atomic E-state index is 0.148. The summed E-state index contributed by atoms with van der Waals surface area (Å²) in [6.45, 7) is 22.7. The fraction of sp³-hybridized carbons (Fsp3) is 0.437. The van der Waals surface area contributed by atoms with Gasteiger partial charge in [0.05, 0.1) is 39.3 Å². The smallest absolute Gasteiger partial charge is 0.294 e. The van der Waals surface area contributed by atoms with Crippen molar-refractivity contribution in [2.45, 2.75) is 203 Å². The third-order valence-corrected chi connectivity index (χ3v) is 17.8. The van der Waals surface area contributed by atoms with Gasteiger partial charge in [-0.05, 0) is 236 Å². The number of nitrogens with zero attached hydrogens (tertiary/aromatic N) is 3. The molecule has 6 aromatic rings. The summed E-state index contributed by atoms with van der Waals surface area (Å²) < 4.78 is 60.0. The SMILES string of the molecule is CC(=O)C(C)(C)NC(=O)C(=O)c1c(C)c(C(=O)Nc2ccc(F)c(C)c2)c2n1CCCC2.Cc1cc(NC(=O)c2c(C)c(C(=O)C(=O)NC(C)C)n3c2CCCC3)ccc1F.Cc1cc(NC(=O)c2c(C)c(C(=O)C(=O)NC3(C)CC(C)(F)C3)n3c2CCCC3)ccc1F. The third kappa shape index (κ3) is 15.2. The number of rotatable bonds is 16. The van der Waals surface area contributed by atoms with E-state index in [0.717, 1.165) is 49.9 Å². The molecule has 0 unspecified atom stereocenters. The monoisotopic (exact) mass is 1300 g/mol. The molecule has 0 spiro atoms. The van der Waals surface area contributed by atoms with E-state index in [0.29, 0.717) is 112 Å². The van der Waals surface area contributed by atoms with Gasteiger partial charge in [0.1, 0.15) is 23.1 Å². The van der Waals surface area contributed by atoms with E-state index in [1.807, 2.05) is 4.57 Å². The number of hydrogen-bond acceptors (Lipinski definition) is 10. The zero-order valence-electron chi connectivity index (χ0n) is 55.6. The zero-order chi connectivity index (χ0) is 69.2. The van der Waals surface area contributed by atoms with Gasteiger partial charge in [0, 0.05) is 78.2 Å². The summed E-state index contributed by atoms with van der Waals surface area (Å²) in [5.74, 6) is -7.00. The minimum Gasteiger partial charge on any atom is -0.347 e. The van der Waals surface area contributed by atoms with E-state index in [1.54, 1.807) is 83.6 Å². The lowest BCUT2D eigenvalue weighted by Crippen LogP contribution is -2.61. The Kier molecular flexibility index (Phi) is 21.1. The molecule has 6 amide bonds. The normalized spacial score (nSPS) is 17.0. The molecule has 94 heavy (non-hydrogen) atoms. The molecule has 1 fully saturated rings. The van der Waals surface area contributed by atoms with Gasteiger partial charge >= 0.3 is 0 Å². The Morgan fingerprint density at radius 2 is 0.809 bits per heavy atom. The van der Waals surface area contributed by atoms with Crippen molar-refractivity contribution in [2.75, 3.05) is 16.0 Å². The molecule has 6 N–H and O–H groups in total. The maximum Gasteiger partial charge on any atom is 0.294 e. The average molecular weight is 1300 g/mol. The number of alkyl halides is 1. The summed E-state index contributed by atoms with van der Waals surface area (Å²) in [7, 11) is 0. The molecule has 500 valence electrons.